The van der Waals surface area contributed by atoms with Gasteiger partial charge in [-0.15, -0.1) is 0 Å². The number of carbonyl (C=O) groups excluding carboxylic acids is 3. The minimum absolute atomic E-state index is 0.0202. The van der Waals surface area contributed by atoms with Crippen molar-refractivity contribution in [3.63, 3.8) is 0 Å². The Bertz CT molecular complexity index is 751. The summed E-state index contributed by atoms with van der Waals surface area (Å²) >= 11 is 0. The van der Waals surface area contributed by atoms with E-state index in [0.29, 0.717) is 36.0 Å². The summed E-state index contributed by atoms with van der Waals surface area (Å²) in [5, 5.41) is 9.56. The molecule has 1 aliphatic rings. The topological polar surface area (TPSA) is 148 Å². The number of nitrogens with one attached hydrogen (secondary N) is 3. The van der Waals surface area contributed by atoms with Gasteiger partial charge < -0.3 is 25.2 Å². The Kier molecular flexibility index (Phi) is 8.09. The molecule has 3 N–H and O–H groups in total. The minimum Gasteiger partial charge on any atom is -0.431 e. The molecule has 1 aromatic rings. The SMILES string of the molecule is CCNc1nc(NCCOC(=O)ON2C(=O)CCC2=O)nc(NCC[N+](C)(C)C)n1. The fourth-order valence-corrected chi connectivity index (χ4v) is 2.33. The van der Waals surface area contributed by atoms with Crippen molar-refractivity contribution >= 4 is 35.8 Å². The molecular formula is C17H29N8O5+. The molecule has 13 nitrogen and oxygen atoms in total. The molecule has 2 amide bonds. The highest BCUT2D eigenvalue weighted by Crippen LogP contribution is 2.12. The van der Waals surface area contributed by atoms with Crippen molar-refractivity contribution in [2.75, 3.05) is 69.9 Å². The number of aromatic nitrogens is 3. The zero-order chi connectivity index (χ0) is 22.1. The molecule has 0 spiro atoms. The molecule has 1 aromatic heterocycles. The highest BCUT2D eigenvalue weighted by Gasteiger charge is 2.33. The second kappa shape index (κ2) is 10.5. The van der Waals surface area contributed by atoms with E-state index in [-0.39, 0.29) is 26.0 Å². The lowest BCUT2D eigenvalue weighted by Crippen LogP contribution is -2.38. The smallest absolute Gasteiger partial charge is 0.431 e. The van der Waals surface area contributed by atoms with Crippen LogP contribution in [0.5, 0.6) is 0 Å². The van der Waals surface area contributed by atoms with Crippen molar-refractivity contribution < 1.29 is 28.4 Å². The van der Waals surface area contributed by atoms with Gasteiger partial charge >= 0.3 is 6.16 Å². The van der Waals surface area contributed by atoms with Gasteiger partial charge in [0.1, 0.15) is 6.61 Å². The fraction of sp³-hybridized carbons (Fsp3) is 0.647. The molecule has 0 aliphatic carbocycles. The van der Waals surface area contributed by atoms with E-state index in [0.717, 1.165) is 11.0 Å². The van der Waals surface area contributed by atoms with Crippen LogP contribution in [0, 0.1) is 0 Å². The summed E-state index contributed by atoms with van der Waals surface area (Å²) in [4.78, 5) is 51.9. The number of anilines is 3. The molecule has 0 aromatic carbocycles. The maximum atomic E-state index is 11.6. The maximum Gasteiger partial charge on any atom is 0.534 e. The van der Waals surface area contributed by atoms with Gasteiger partial charge in [-0.25, -0.2) is 4.79 Å². The van der Waals surface area contributed by atoms with Crippen LogP contribution in [0.1, 0.15) is 19.8 Å². The lowest BCUT2D eigenvalue weighted by Gasteiger charge is -2.23. The lowest BCUT2D eigenvalue weighted by molar-refractivity contribution is -0.868. The predicted molar refractivity (Wildman–Crippen MR) is 107 cm³/mol. The van der Waals surface area contributed by atoms with E-state index in [2.05, 4.69) is 56.9 Å². The number of hydrogen-bond acceptors (Lipinski definition) is 11. The largest absolute Gasteiger partial charge is 0.534 e. The van der Waals surface area contributed by atoms with E-state index < -0.39 is 18.0 Å². The van der Waals surface area contributed by atoms with Crippen LogP contribution < -0.4 is 16.0 Å². The van der Waals surface area contributed by atoms with E-state index in [1.807, 2.05) is 6.92 Å². The second-order valence-corrected chi connectivity index (χ2v) is 7.48. The Morgan fingerprint density at radius 2 is 1.50 bits per heavy atom. The number of rotatable bonds is 11. The average Bonchev–Trinajstić information content (AvgIpc) is 2.96. The molecule has 2 rings (SSSR count). The van der Waals surface area contributed by atoms with Crippen LogP contribution in [0.15, 0.2) is 0 Å². The molecule has 0 bridgehead atoms. The molecular weight excluding hydrogens is 396 g/mol. The van der Waals surface area contributed by atoms with Crippen molar-refractivity contribution in [3.05, 3.63) is 0 Å². The Morgan fingerprint density at radius 1 is 0.967 bits per heavy atom. The number of hydrogen-bond donors (Lipinski definition) is 3. The molecule has 0 unspecified atom stereocenters. The zero-order valence-corrected chi connectivity index (χ0v) is 17.7. The van der Waals surface area contributed by atoms with Crippen LogP contribution in [0.25, 0.3) is 0 Å². The third-order valence-corrected chi connectivity index (χ3v) is 3.81. The van der Waals surface area contributed by atoms with E-state index >= 15 is 0 Å². The summed E-state index contributed by atoms with van der Waals surface area (Å²) in [5.74, 6) is -0.00371. The van der Waals surface area contributed by atoms with E-state index in [1.165, 1.54) is 0 Å². The molecule has 30 heavy (non-hydrogen) atoms. The second-order valence-electron chi connectivity index (χ2n) is 7.48. The van der Waals surface area contributed by atoms with Crippen molar-refractivity contribution in [3.8, 4) is 0 Å². The average molecular weight is 425 g/mol. The van der Waals surface area contributed by atoms with Crippen molar-refractivity contribution in [2.45, 2.75) is 19.8 Å². The number of carbonyl (C=O) groups is 3. The summed E-state index contributed by atoms with van der Waals surface area (Å²) in [7, 11) is 6.27. The van der Waals surface area contributed by atoms with Crippen LogP contribution in [0.2, 0.25) is 0 Å². The van der Waals surface area contributed by atoms with Crippen LogP contribution in [-0.4, -0.2) is 96.4 Å². The highest BCUT2D eigenvalue weighted by molar-refractivity contribution is 6.01. The van der Waals surface area contributed by atoms with Crippen molar-refractivity contribution in [2.24, 2.45) is 0 Å². The Balaban J connectivity index is 1.82. The third kappa shape index (κ3) is 7.66. The van der Waals surface area contributed by atoms with Gasteiger partial charge in [-0.3, -0.25) is 14.4 Å². The monoisotopic (exact) mass is 425 g/mol. The lowest BCUT2D eigenvalue weighted by atomic mass is 10.4. The highest BCUT2D eigenvalue weighted by atomic mass is 16.8. The van der Waals surface area contributed by atoms with Gasteiger partial charge in [0.25, 0.3) is 11.8 Å². The van der Waals surface area contributed by atoms with Crippen LogP contribution in [0.4, 0.5) is 22.6 Å². The molecule has 13 heteroatoms. The number of hydroxylamine groups is 2. The van der Waals surface area contributed by atoms with Gasteiger partial charge in [0.15, 0.2) is 0 Å². The molecule has 1 fully saturated rings. The van der Waals surface area contributed by atoms with Crippen LogP contribution in [-0.2, 0) is 19.2 Å². The molecule has 2 heterocycles. The van der Waals surface area contributed by atoms with Gasteiger partial charge in [0.2, 0.25) is 17.8 Å². The Labute approximate surface area is 174 Å². The van der Waals surface area contributed by atoms with Crippen molar-refractivity contribution in [1.82, 2.24) is 20.0 Å². The molecule has 0 saturated carbocycles. The Morgan fingerprint density at radius 3 is 2.03 bits per heavy atom. The van der Waals surface area contributed by atoms with Gasteiger partial charge in [-0.1, -0.05) is 5.06 Å². The molecule has 0 atom stereocenters. The normalized spacial score (nSPS) is 13.9. The number of amides is 2. The summed E-state index contributed by atoms with van der Waals surface area (Å²) in [6.45, 7) is 4.23. The number of likely N-dealkylation sites (N-methyl/N-ethyl adjacent to an activating group) is 1. The van der Waals surface area contributed by atoms with E-state index in [9.17, 15) is 14.4 Å². The summed E-state index contributed by atoms with van der Waals surface area (Å²) in [5.41, 5.74) is 0. The number of imide groups is 1. The summed E-state index contributed by atoms with van der Waals surface area (Å²) in [6, 6.07) is 0. The first-order valence-corrected chi connectivity index (χ1v) is 9.66. The number of ether oxygens (including phenoxy) is 1. The first kappa shape index (κ1) is 23.1. The minimum atomic E-state index is -1.13. The molecule has 1 aliphatic heterocycles. The maximum absolute atomic E-state index is 11.6. The molecule has 1 saturated heterocycles. The summed E-state index contributed by atoms with van der Waals surface area (Å²) < 4.78 is 5.66. The predicted octanol–water partition coefficient (Wildman–Crippen LogP) is 0.0506. The summed E-state index contributed by atoms with van der Waals surface area (Å²) in [6.07, 6.45) is -1.09. The molecule has 0 radical (unpaired) electrons. The van der Waals surface area contributed by atoms with Gasteiger partial charge in [0, 0.05) is 19.4 Å². The molecule has 166 valence electrons. The van der Waals surface area contributed by atoms with Gasteiger partial charge in [-0.2, -0.15) is 15.0 Å². The van der Waals surface area contributed by atoms with E-state index in [1.54, 1.807) is 0 Å². The first-order valence-electron chi connectivity index (χ1n) is 9.66. The van der Waals surface area contributed by atoms with Crippen molar-refractivity contribution in [1.29, 1.82) is 0 Å². The van der Waals surface area contributed by atoms with Crippen LogP contribution in [0.3, 0.4) is 0 Å². The number of quaternary nitrogens is 1. The third-order valence-electron chi connectivity index (χ3n) is 3.81. The van der Waals surface area contributed by atoms with Crippen LogP contribution >= 0.6 is 0 Å². The Hall–Kier alpha value is -3.22. The zero-order valence-electron chi connectivity index (χ0n) is 17.7. The fourth-order valence-electron chi connectivity index (χ4n) is 2.33. The number of nitrogens with zero attached hydrogens (tertiary/aromatic N) is 5. The van der Waals surface area contributed by atoms with Gasteiger partial charge in [0.05, 0.1) is 40.8 Å². The quantitative estimate of drug-likeness (QED) is 0.191. The van der Waals surface area contributed by atoms with Gasteiger partial charge in [-0.05, 0) is 6.92 Å². The standard InChI is InChI=1S/C17H29N8O5/c1-5-18-14-21-15(19-8-10-25(2,3)4)23-16(22-14)20-9-11-29-17(28)30-24-12(26)6-7-13(24)27/h5-11H2,1-4H3,(H3,18,19,20,21,22,23)/q+1. The first-order chi connectivity index (χ1) is 14.2. The van der Waals surface area contributed by atoms with E-state index in [4.69, 9.17) is 4.74 Å².